The molecule has 4 heteroatoms. The minimum Gasteiger partial charge on any atom is -0.390 e. The van der Waals surface area contributed by atoms with Gasteiger partial charge in [-0.2, -0.15) is 5.10 Å². The number of rotatable bonds is 3. The summed E-state index contributed by atoms with van der Waals surface area (Å²) in [4.78, 5) is 11.4. The molecule has 1 heterocycles. The summed E-state index contributed by atoms with van der Waals surface area (Å²) < 4.78 is 1.37. The van der Waals surface area contributed by atoms with Crippen LogP contribution in [0, 0.1) is 6.92 Å². The third-order valence-electron chi connectivity index (χ3n) is 1.94. The van der Waals surface area contributed by atoms with Gasteiger partial charge in [-0.25, -0.2) is 4.68 Å². The highest BCUT2D eigenvalue weighted by Gasteiger charge is 2.12. The van der Waals surface area contributed by atoms with Crippen LogP contribution in [0.25, 0.3) is 0 Å². The summed E-state index contributed by atoms with van der Waals surface area (Å²) in [5.74, 6) is 0. The monoisotopic (exact) mass is 196 g/mol. The summed E-state index contributed by atoms with van der Waals surface area (Å²) in [5.41, 5.74) is -0.0183. The van der Waals surface area contributed by atoms with Crippen molar-refractivity contribution in [3.8, 4) is 0 Å². The van der Waals surface area contributed by atoms with Crippen molar-refractivity contribution in [1.29, 1.82) is 0 Å². The summed E-state index contributed by atoms with van der Waals surface area (Å²) in [6, 6.07) is 1.54. The first-order chi connectivity index (χ1) is 6.38. The van der Waals surface area contributed by atoms with Crippen LogP contribution in [0.4, 0.5) is 0 Å². The predicted molar refractivity (Wildman–Crippen MR) is 54.1 cm³/mol. The van der Waals surface area contributed by atoms with Gasteiger partial charge in [0.1, 0.15) is 0 Å². The van der Waals surface area contributed by atoms with E-state index < -0.39 is 5.60 Å². The molecule has 0 aromatic carbocycles. The van der Waals surface area contributed by atoms with Gasteiger partial charge in [0.15, 0.2) is 0 Å². The highest BCUT2D eigenvalue weighted by Crippen LogP contribution is 2.07. The molecule has 0 aliphatic heterocycles. The summed E-state index contributed by atoms with van der Waals surface area (Å²) in [5, 5.41) is 13.5. The van der Waals surface area contributed by atoms with Gasteiger partial charge in [-0.3, -0.25) is 4.79 Å². The summed E-state index contributed by atoms with van der Waals surface area (Å²) in [6.07, 6.45) is 2.16. The number of nitrogens with zero attached hydrogens (tertiary/aromatic N) is 2. The second-order valence-electron chi connectivity index (χ2n) is 4.16. The van der Waals surface area contributed by atoms with Gasteiger partial charge in [-0.1, -0.05) is 0 Å². The summed E-state index contributed by atoms with van der Waals surface area (Å²) in [6.45, 7) is 5.70. The highest BCUT2D eigenvalue weighted by atomic mass is 16.3. The molecule has 1 aromatic heterocycles. The Morgan fingerprint density at radius 2 is 2.21 bits per heavy atom. The van der Waals surface area contributed by atoms with E-state index in [0.29, 0.717) is 13.0 Å². The van der Waals surface area contributed by atoms with Crippen LogP contribution < -0.4 is 5.56 Å². The van der Waals surface area contributed by atoms with Crippen LogP contribution in [0.15, 0.2) is 17.1 Å². The molecule has 0 saturated carbocycles. The van der Waals surface area contributed by atoms with Gasteiger partial charge in [-0.15, -0.1) is 0 Å². The number of hydrogen-bond acceptors (Lipinski definition) is 3. The van der Waals surface area contributed by atoms with Gasteiger partial charge in [0.2, 0.25) is 0 Å². The van der Waals surface area contributed by atoms with E-state index >= 15 is 0 Å². The maximum atomic E-state index is 11.4. The largest absolute Gasteiger partial charge is 0.390 e. The fourth-order valence-electron chi connectivity index (χ4n) is 1.07. The van der Waals surface area contributed by atoms with Crippen LogP contribution in [0.5, 0.6) is 0 Å². The topological polar surface area (TPSA) is 55.1 Å². The van der Waals surface area contributed by atoms with Crippen molar-refractivity contribution in [1.82, 2.24) is 9.78 Å². The van der Waals surface area contributed by atoms with Crippen LogP contribution in [-0.2, 0) is 6.54 Å². The third-order valence-corrected chi connectivity index (χ3v) is 1.94. The Morgan fingerprint density at radius 3 is 2.71 bits per heavy atom. The van der Waals surface area contributed by atoms with Crippen LogP contribution in [-0.4, -0.2) is 20.5 Å². The molecule has 1 aromatic rings. The maximum absolute atomic E-state index is 11.4. The Hall–Kier alpha value is -1.16. The van der Waals surface area contributed by atoms with Gasteiger partial charge in [0.25, 0.3) is 5.56 Å². The Bertz CT molecular complexity index is 363. The molecule has 0 fully saturated rings. The Morgan fingerprint density at radius 1 is 1.57 bits per heavy atom. The van der Waals surface area contributed by atoms with E-state index in [1.807, 2.05) is 6.92 Å². The number of aromatic nitrogens is 2. The molecule has 0 radical (unpaired) electrons. The molecular weight excluding hydrogens is 180 g/mol. The standard InChI is InChI=1S/C10H16N2O2/c1-8-6-9(13)12(11-7-8)5-4-10(2,3)14/h6-7,14H,4-5H2,1-3H3. The zero-order chi connectivity index (χ0) is 10.8. The van der Waals surface area contributed by atoms with Crippen molar-refractivity contribution in [3.05, 3.63) is 28.2 Å². The van der Waals surface area contributed by atoms with Gasteiger partial charge >= 0.3 is 0 Å². The van der Waals surface area contributed by atoms with Crippen LogP contribution in [0.1, 0.15) is 25.8 Å². The molecule has 78 valence electrons. The third kappa shape index (κ3) is 3.30. The lowest BCUT2D eigenvalue weighted by Crippen LogP contribution is -2.27. The molecule has 0 unspecified atom stereocenters. The summed E-state index contributed by atoms with van der Waals surface area (Å²) in [7, 11) is 0. The van der Waals surface area contributed by atoms with Crippen molar-refractivity contribution >= 4 is 0 Å². The smallest absolute Gasteiger partial charge is 0.266 e. The normalized spacial score (nSPS) is 11.7. The minimum atomic E-state index is -0.758. The molecule has 0 atom stereocenters. The number of hydrogen-bond donors (Lipinski definition) is 1. The van der Waals surface area contributed by atoms with E-state index in [1.54, 1.807) is 20.0 Å². The zero-order valence-electron chi connectivity index (χ0n) is 8.82. The van der Waals surface area contributed by atoms with Crippen molar-refractivity contribution < 1.29 is 5.11 Å². The SMILES string of the molecule is Cc1cnn(CCC(C)(C)O)c(=O)c1. The van der Waals surface area contributed by atoms with Gasteiger partial charge < -0.3 is 5.11 Å². The van der Waals surface area contributed by atoms with Crippen LogP contribution in [0.3, 0.4) is 0 Å². The van der Waals surface area contributed by atoms with Crippen LogP contribution >= 0.6 is 0 Å². The van der Waals surface area contributed by atoms with Gasteiger partial charge in [0, 0.05) is 12.6 Å². The van der Waals surface area contributed by atoms with Gasteiger partial charge in [-0.05, 0) is 32.8 Å². The molecule has 4 nitrogen and oxygen atoms in total. The van der Waals surface area contributed by atoms with Crippen molar-refractivity contribution in [2.24, 2.45) is 0 Å². The van der Waals surface area contributed by atoms with E-state index in [1.165, 1.54) is 10.7 Å². The second kappa shape index (κ2) is 3.92. The van der Waals surface area contributed by atoms with Gasteiger partial charge in [0.05, 0.1) is 11.8 Å². The molecule has 0 aliphatic rings. The average Bonchev–Trinajstić information content (AvgIpc) is 2.00. The summed E-state index contributed by atoms with van der Waals surface area (Å²) >= 11 is 0. The van der Waals surface area contributed by atoms with E-state index in [0.717, 1.165) is 5.56 Å². The van der Waals surface area contributed by atoms with Crippen molar-refractivity contribution in [2.45, 2.75) is 39.3 Å². The minimum absolute atomic E-state index is 0.116. The Labute approximate surface area is 83.2 Å². The molecule has 1 N–H and O–H groups in total. The first-order valence-corrected chi connectivity index (χ1v) is 4.65. The highest BCUT2D eigenvalue weighted by molar-refractivity contribution is 5.02. The number of aliphatic hydroxyl groups is 1. The van der Waals surface area contributed by atoms with Crippen molar-refractivity contribution in [2.75, 3.05) is 0 Å². The van der Waals surface area contributed by atoms with E-state index in [4.69, 9.17) is 0 Å². The molecule has 0 bridgehead atoms. The molecule has 1 rings (SSSR count). The van der Waals surface area contributed by atoms with Crippen LogP contribution in [0.2, 0.25) is 0 Å². The lowest BCUT2D eigenvalue weighted by atomic mass is 10.1. The molecule has 0 amide bonds. The average molecular weight is 196 g/mol. The number of aryl methyl sites for hydroxylation is 2. The zero-order valence-corrected chi connectivity index (χ0v) is 8.82. The Balaban J connectivity index is 2.74. The maximum Gasteiger partial charge on any atom is 0.266 e. The predicted octanol–water partition coefficient (Wildman–Crippen LogP) is 0.713. The fraction of sp³-hybridized carbons (Fsp3) is 0.600. The molecule has 0 spiro atoms. The van der Waals surface area contributed by atoms with E-state index in [-0.39, 0.29) is 5.56 Å². The Kier molecular flexibility index (Phi) is 3.06. The fourth-order valence-corrected chi connectivity index (χ4v) is 1.07. The lowest BCUT2D eigenvalue weighted by Gasteiger charge is -2.16. The second-order valence-corrected chi connectivity index (χ2v) is 4.16. The molecular formula is C10H16N2O2. The quantitative estimate of drug-likeness (QED) is 0.774. The first-order valence-electron chi connectivity index (χ1n) is 4.65. The van der Waals surface area contributed by atoms with E-state index in [9.17, 15) is 9.90 Å². The molecule has 14 heavy (non-hydrogen) atoms. The molecule has 0 aliphatic carbocycles. The molecule has 0 saturated heterocycles. The lowest BCUT2D eigenvalue weighted by molar-refractivity contribution is 0.0646. The van der Waals surface area contributed by atoms with E-state index in [2.05, 4.69) is 5.10 Å². The van der Waals surface area contributed by atoms with Crippen molar-refractivity contribution in [3.63, 3.8) is 0 Å². The first kappa shape index (κ1) is 10.9.